The molecule has 5 heteroatoms. The van der Waals surface area contributed by atoms with Crippen molar-refractivity contribution in [2.45, 2.75) is 12.8 Å². The van der Waals surface area contributed by atoms with Crippen molar-refractivity contribution in [1.82, 2.24) is 10.2 Å². The number of nitrogens with two attached hydrogens (primary N) is 1. The zero-order valence-electron chi connectivity index (χ0n) is 7.58. The second-order valence-electron chi connectivity index (χ2n) is 3.05. The summed E-state index contributed by atoms with van der Waals surface area (Å²) in [4.78, 5) is 24.0. The first-order valence-electron chi connectivity index (χ1n) is 4.48. The van der Waals surface area contributed by atoms with Crippen molar-refractivity contribution in [1.29, 1.82) is 0 Å². The van der Waals surface area contributed by atoms with Crippen LogP contribution in [-0.4, -0.2) is 42.9 Å². The van der Waals surface area contributed by atoms with Crippen LogP contribution in [0.25, 0.3) is 0 Å². The fraction of sp³-hybridized carbons (Fsp3) is 0.750. The maximum absolute atomic E-state index is 11.4. The third-order valence-corrected chi connectivity index (χ3v) is 2.00. The standard InChI is InChI=1S/C8H15N3O2/c9-2-1-4-11-5-3-10-7(12)6-8(11)13/h1-6,9H2,(H,10,12). The quantitative estimate of drug-likeness (QED) is 0.536. The van der Waals surface area contributed by atoms with Crippen molar-refractivity contribution in [2.24, 2.45) is 5.73 Å². The number of nitrogens with one attached hydrogen (secondary N) is 1. The van der Waals surface area contributed by atoms with Gasteiger partial charge in [0.15, 0.2) is 0 Å². The fourth-order valence-electron chi connectivity index (χ4n) is 1.29. The van der Waals surface area contributed by atoms with Crippen LogP contribution in [-0.2, 0) is 9.59 Å². The molecular formula is C8H15N3O2. The van der Waals surface area contributed by atoms with Crippen molar-refractivity contribution < 1.29 is 9.59 Å². The Hall–Kier alpha value is -1.10. The van der Waals surface area contributed by atoms with E-state index < -0.39 is 0 Å². The van der Waals surface area contributed by atoms with E-state index >= 15 is 0 Å². The molecule has 0 aromatic heterocycles. The molecule has 1 heterocycles. The van der Waals surface area contributed by atoms with E-state index in [-0.39, 0.29) is 18.2 Å². The van der Waals surface area contributed by atoms with Crippen LogP contribution in [0.15, 0.2) is 0 Å². The lowest BCUT2D eigenvalue weighted by molar-refractivity contribution is -0.134. The molecular weight excluding hydrogens is 170 g/mol. The Morgan fingerprint density at radius 2 is 2.23 bits per heavy atom. The van der Waals surface area contributed by atoms with Gasteiger partial charge in [-0.1, -0.05) is 0 Å². The van der Waals surface area contributed by atoms with Gasteiger partial charge in [0, 0.05) is 19.6 Å². The molecule has 1 fully saturated rings. The largest absolute Gasteiger partial charge is 0.354 e. The number of amides is 2. The van der Waals surface area contributed by atoms with Gasteiger partial charge in [0.1, 0.15) is 6.42 Å². The molecule has 3 N–H and O–H groups in total. The summed E-state index contributed by atoms with van der Waals surface area (Å²) < 4.78 is 0. The van der Waals surface area contributed by atoms with E-state index in [2.05, 4.69) is 5.32 Å². The molecule has 1 saturated heterocycles. The van der Waals surface area contributed by atoms with Gasteiger partial charge in [0.05, 0.1) is 0 Å². The summed E-state index contributed by atoms with van der Waals surface area (Å²) in [5.74, 6) is -0.274. The third kappa shape index (κ3) is 3.02. The predicted molar refractivity (Wildman–Crippen MR) is 47.9 cm³/mol. The molecule has 5 nitrogen and oxygen atoms in total. The van der Waals surface area contributed by atoms with Crippen LogP contribution in [0.2, 0.25) is 0 Å². The van der Waals surface area contributed by atoms with Crippen molar-refractivity contribution in [3.8, 4) is 0 Å². The molecule has 0 unspecified atom stereocenters. The molecule has 13 heavy (non-hydrogen) atoms. The number of nitrogens with zero attached hydrogens (tertiary/aromatic N) is 1. The van der Waals surface area contributed by atoms with Crippen molar-refractivity contribution in [3.05, 3.63) is 0 Å². The second kappa shape index (κ2) is 4.81. The van der Waals surface area contributed by atoms with Gasteiger partial charge >= 0.3 is 0 Å². The zero-order valence-corrected chi connectivity index (χ0v) is 7.58. The summed E-state index contributed by atoms with van der Waals surface area (Å²) in [6.45, 7) is 2.38. The monoisotopic (exact) mass is 185 g/mol. The Morgan fingerprint density at radius 1 is 1.46 bits per heavy atom. The van der Waals surface area contributed by atoms with Gasteiger partial charge in [-0.3, -0.25) is 9.59 Å². The summed E-state index contributed by atoms with van der Waals surface area (Å²) in [6, 6.07) is 0. The van der Waals surface area contributed by atoms with Gasteiger partial charge in [0.2, 0.25) is 11.8 Å². The maximum atomic E-state index is 11.4. The summed E-state index contributed by atoms with van der Waals surface area (Å²) in [5, 5.41) is 2.65. The molecule has 1 aliphatic heterocycles. The average Bonchev–Trinajstić information content (AvgIpc) is 2.24. The van der Waals surface area contributed by atoms with Gasteiger partial charge < -0.3 is 16.0 Å². The zero-order chi connectivity index (χ0) is 9.68. The lowest BCUT2D eigenvalue weighted by Crippen LogP contribution is -2.34. The second-order valence-corrected chi connectivity index (χ2v) is 3.05. The lowest BCUT2D eigenvalue weighted by Gasteiger charge is -2.18. The van der Waals surface area contributed by atoms with Crippen molar-refractivity contribution >= 4 is 11.8 Å². The molecule has 0 aromatic rings. The molecule has 0 radical (unpaired) electrons. The van der Waals surface area contributed by atoms with Gasteiger partial charge in [-0.15, -0.1) is 0 Å². The van der Waals surface area contributed by atoms with E-state index in [9.17, 15) is 9.59 Å². The summed E-state index contributed by atoms with van der Waals surface area (Å²) in [5.41, 5.74) is 5.34. The lowest BCUT2D eigenvalue weighted by atomic mass is 10.3. The molecule has 0 aromatic carbocycles. The van der Waals surface area contributed by atoms with E-state index in [1.807, 2.05) is 0 Å². The van der Waals surface area contributed by atoms with Gasteiger partial charge in [-0.05, 0) is 13.0 Å². The van der Waals surface area contributed by atoms with Crippen molar-refractivity contribution in [2.75, 3.05) is 26.2 Å². The minimum Gasteiger partial charge on any atom is -0.354 e. The Morgan fingerprint density at radius 3 is 2.92 bits per heavy atom. The number of rotatable bonds is 3. The molecule has 74 valence electrons. The Bertz CT molecular complexity index is 206. The fourth-order valence-corrected chi connectivity index (χ4v) is 1.29. The van der Waals surface area contributed by atoms with E-state index in [0.29, 0.717) is 26.2 Å². The highest BCUT2D eigenvalue weighted by Crippen LogP contribution is 1.99. The Balaban J connectivity index is 2.43. The smallest absolute Gasteiger partial charge is 0.232 e. The Kier molecular flexibility index (Phi) is 3.70. The first-order valence-corrected chi connectivity index (χ1v) is 4.48. The molecule has 1 aliphatic rings. The summed E-state index contributed by atoms with van der Waals surface area (Å²) >= 11 is 0. The normalized spacial score (nSPS) is 18.4. The third-order valence-electron chi connectivity index (χ3n) is 2.00. The minimum absolute atomic E-state index is 0.0232. The van der Waals surface area contributed by atoms with Crippen LogP contribution in [0.1, 0.15) is 12.8 Å². The molecule has 0 atom stereocenters. The van der Waals surface area contributed by atoms with Gasteiger partial charge in [-0.25, -0.2) is 0 Å². The minimum atomic E-state index is -0.180. The maximum Gasteiger partial charge on any atom is 0.232 e. The molecule has 0 spiro atoms. The SMILES string of the molecule is NCCCN1CCNC(=O)CC1=O. The van der Waals surface area contributed by atoms with E-state index in [1.54, 1.807) is 4.90 Å². The van der Waals surface area contributed by atoms with Crippen LogP contribution >= 0.6 is 0 Å². The molecule has 0 aliphatic carbocycles. The van der Waals surface area contributed by atoms with Crippen molar-refractivity contribution in [3.63, 3.8) is 0 Å². The molecule has 2 amide bonds. The topological polar surface area (TPSA) is 75.4 Å². The van der Waals surface area contributed by atoms with Crippen LogP contribution in [0.3, 0.4) is 0 Å². The molecule has 0 bridgehead atoms. The highest BCUT2D eigenvalue weighted by Gasteiger charge is 2.19. The first kappa shape index (κ1) is 9.98. The number of carbonyl (C=O) groups is 2. The highest BCUT2D eigenvalue weighted by atomic mass is 16.2. The first-order chi connectivity index (χ1) is 6.24. The Labute approximate surface area is 77.3 Å². The summed E-state index contributed by atoms with van der Waals surface area (Å²) in [7, 11) is 0. The van der Waals surface area contributed by atoms with Crippen LogP contribution in [0, 0.1) is 0 Å². The molecule has 0 saturated carbocycles. The highest BCUT2D eigenvalue weighted by molar-refractivity contribution is 5.97. The molecule has 1 rings (SSSR count). The van der Waals surface area contributed by atoms with Crippen LogP contribution in [0.5, 0.6) is 0 Å². The van der Waals surface area contributed by atoms with E-state index in [1.165, 1.54) is 0 Å². The number of carbonyl (C=O) groups excluding carboxylic acids is 2. The van der Waals surface area contributed by atoms with Gasteiger partial charge in [-0.2, -0.15) is 0 Å². The predicted octanol–water partition coefficient (Wildman–Crippen LogP) is -1.32. The van der Waals surface area contributed by atoms with Crippen LogP contribution < -0.4 is 11.1 Å². The van der Waals surface area contributed by atoms with E-state index in [0.717, 1.165) is 6.42 Å². The average molecular weight is 185 g/mol. The van der Waals surface area contributed by atoms with Crippen LogP contribution in [0.4, 0.5) is 0 Å². The number of hydrogen-bond acceptors (Lipinski definition) is 3. The van der Waals surface area contributed by atoms with Gasteiger partial charge in [0.25, 0.3) is 0 Å². The van der Waals surface area contributed by atoms with E-state index in [4.69, 9.17) is 5.73 Å². The number of hydrogen-bond donors (Lipinski definition) is 2. The summed E-state index contributed by atoms with van der Waals surface area (Å²) in [6.07, 6.45) is 0.768.